The van der Waals surface area contributed by atoms with E-state index in [9.17, 15) is 14.9 Å². The number of benzene rings is 2. The molecule has 3 aromatic rings. The summed E-state index contributed by atoms with van der Waals surface area (Å²) in [5.41, 5.74) is 7.04. The van der Waals surface area contributed by atoms with Gasteiger partial charge in [0, 0.05) is 23.5 Å². The van der Waals surface area contributed by atoms with Crippen LogP contribution in [0.25, 0.3) is 5.69 Å². The van der Waals surface area contributed by atoms with Crippen molar-refractivity contribution in [3.63, 3.8) is 0 Å². The number of non-ortho nitro benzene ring substituents is 1. The Balaban J connectivity index is 1.80. The van der Waals surface area contributed by atoms with E-state index in [1.807, 2.05) is 0 Å². The molecule has 120 valence electrons. The van der Waals surface area contributed by atoms with E-state index in [-0.39, 0.29) is 16.9 Å². The highest BCUT2D eigenvalue weighted by molar-refractivity contribution is 6.08. The van der Waals surface area contributed by atoms with Crippen LogP contribution in [-0.4, -0.2) is 25.6 Å². The molecule has 0 radical (unpaired) electrons. The first-order valence-corrected chi connectivity index (χ1v) is 6.85. The van der Waals surface area contributed by atoms with Crippen LogP contribution in [0.4, 0.5) is 17.1 Å². The molecule has 0 fully saturated rings. The highest BCUT2D eigenvalue weighted by atomic mass is 16.6. The Morgan fingerprint density at radius 2 is 1.96 bits per heavy atom. The molecule has 0 unspecified atom stereocenters. The molecule has 3 rings (SSSR count). The molecule has 0 aliphatic rings. The first kappa shape index (κ1) is 15.2. The Labute approximate surface area is 135 Å². The van der Waals surface area contributed by atoms with E-state index < -0.39 is 10.8 Å². The number of nitrogens with zero attached hydrogens (tertiary/aromatic N) is 4. The van der Waals surface area contributed by atoms with Gasteiger partial charge < -0.3 is 11.1 Å². The monoisotopic (exact) mass is 324 g/mol. The third kappa shape index (κ3) is 3.04. The molecule has 0 aliphatic heterocycles. The molecule has 1 amide bonds. The van der Waals surface area contributed by atoms with Gasteiger partial charge in [-0.25, -0.2) is 9.67 Å². The maximum absolute atomic E-state index is 12.3. The smallest absolute Gasteiger partial charge is 0.270 e. The van der Waals surface area contributed by atoms with Crippen LogP contribution in [-0.2, 0) is 0 Å². The van der Waals surface area contributed by atoms with Crippen molar-refractivity contribution in [1.29, 1.82) is 0 Å². The number of hydrogen-bond donors (Lipinski definition) is 2. The summed E-state index contributed by atoms with van der Waals surface area (Å²) in [4.78, 5) is 26.4. The Morgan fingerprint density at radius 3 is 2.58 bits per heavy atom. The number of hydrogen-bond acceptors (Lipinski definition) is 6. The van der Waals surface area contributed by atoms with Crippen LogP contribution in [0.3, 0.4) is 0 Å². The summed E-state index contributed by atoms with van der Waals surface area (Å²) >= 11 is 0. The van der Waals surface area contributed by atoms with Crippen molar-refractivity contribution in [2.24, 2.45) is 0 Å². The van der Waals surface area contributed by atoms with Gasteiger partial charge in [-0.3, -0.25) is 14.9 Å². The first-order valence-electron chi connectivity index (χ1n) is 6.85. The second-order valence-corrected chi connectivity index (χ2v) is 4.87. The zero-order valence-corrected chi connectivity index (χ0v) is 12.3. The molecule has 0 saturated carbocycles. The first-order chi connectivity index (χ1) is 11.5. The average Bonchev–Trinajstić information content (AvgIpc) is 3.10. The Bertz CT molecular complexity index is 890. The summed E-state index contributed by atoms with van der Waals surface area (Å²) in [6, 6.07) is 10.6. The van der Waals surface area contributed by atoms with Crippen molar-refractivity contribution in [3.8, 4) is 5.69 Å². The minimum atomic E-state index is -0.580. The number of rotatable bonds is 4. The number of nitro groups is 1. The summed E-state index contributed by atoms with van der Waals surface area (Å²) in [5, 5.41) is 17.5. The highest BCUT2D eigenvalue weighted by Gasteiger charge is 2.15. The molecule has 2 aromatic carbocycles. The lowest BCUT2D eigenvalue weighted by Crippen LogP contribution is -2.14. The summed E-state index contributed by atoms with van der Waals surface area (Å²) in [7, 11) is 0. The maximum atomic E-state index is 12.3. The van der Waals surface area contributed by atoms with Crippen LogP contribution in [0.2, 0.25) is 0 Å². The van der Waals surface area contributed by atoms with E-state index in [4.69, 9.17) is 5.73 Å². The maximum Gasteiger partial charge on any atom is 0.270 e. The zero-order valence-electron chi connectivity index (χ0n) is 12.3. The number of carbonyl (C=O) groups is 1. The van der Waals surface area contributed by atoms with Gasteiger partial charge >= 0.3 is 0 Å². The number of amides is 1. The second kappa shape index (κ2) is 6.16. The predicted octanol–water partition coefficient (Wildman–Crippen LogP) is 2.01. The Morgan fingerprint density at radius 1 is 1.21 bits per heavy atom. The van der Waals surface area contributed by atoms with Crippen molar-refractivity contribution in [3.05, 3.63) is 70.8 Å². The van der Waals surface area contributed by atoms with E-state index in [0.29, 0.717) is 5.69 Å². The number of nitrogens with two attached hydrogens (primary N) is 1. The van der Waals surface area contributed by atoms with E-state index in [2.05, 4.69) is 15.4 Å². The second-order valence-electron chi connectivity index (χ2n) is 4.87. The van der Waals surface area contributed by atoms with E-state index >= 15 is 0 Å². The van der Waals surface area contributed by atoms with Crippen molar-refractivity contribution in [2.45, 2.75) is 0 Å². The van der Waals surface area contributed by atoms with Crippen molar-refractivity contribution >= 4 is 23.0 Å². The molecule has 9 heteroatoms. The number of nitrogens with one attached hydrogen (secondary N) is 1. The van der Waals surface area contributed by atoms with Gasteiger partial charge in [-0.15, -0.1) is 0 Å². The lowest BCUT2D eigenvalue weighted by atomic mass is 10.1. The largest absolute Gasteiger partial charge is 0.398 e. The fourth-order valence-corrected chi connectivity index (χ4v) is 2.09. The Kier molecular flexibility index (Phi) is 3.89. The topological polar surface area (TPSA) is 129 Å². The molecule has 1 aromatic heterocycles. The molecule has 9 nitrogen and oxygen atoms in total. The summed E-state index contributed by atoms with van der Waals surface area (Å²) in [5.74, 6) is -0.523. The summed E-state index contributed by atoms with van der Waals surface area (Å²) in [6.45, 7) is 0. The van der Waals surface area contributed by atoms with Crippen LogP contribution in [0.5, 0.6) is 0 Å². The molecule has 0 spiro atoms. The van der Waals surface area contributed by atoms with Crippen molar-refractivity contribution < 1.29 is 9.72 Å². The number of anilines is 2. The van der Waals surface area contributed by atoms with E-state index in [1.165, 1.54) is 18.5 Å². The molecule has 0 bridgehead atoms. The zero-order chi connectivity index (χ0) is 17.1. The fraction of sp³-hybridized carbons (Fsp3) is 0. The standard InChI is InChI=1S/C15H12N6O3/c16-14-6-5-12(21(23)24)7-13(14)15(22)19-10-1-3-11(4-2-10)20-9-17-8-18-20/h1-9H,16H2,(H,19,22). The number of aromatic nitrogens is 3. The van der Waals surface area contributed by atoms with Gasteiger partial charge in [0.2, 0.25) is 0 Å². The van der Waals surface area contributed by atoms with Gasteiger partial charge in [-0.1, -0.05) is 0 Å². The van der Waals surface area contributed by atoms with Gasteiger partial charge in [0.15, 0.2) is 0 Å². The van der Waals surface area contributed by atoms with Crippen molar-refractivity contribution in [1.82, 2.24) is 14.8 Å². The molecule has 0 atom stereocenters. The molecular formula is C15H12N6O3. The molecular weight excluding hydrogens is 312 g/mol. The normalized spacial score (nSPS) is 10.3. The van der Waals surface area contributed by atoms with Gasteiger partial charge in [0.05, 0.1) is 16.2 Å². The fourth-order valence-electron chi connectivity index (χ4n) is 2.09. The lowest BCUT2D eigenvalue weighted by Gasteiger charge is -2.08. The third-order valence-electron chi connectivity index (χ3n) is 3.30. The highest BCUT2D eigenvalue weighted by Crippen LogP contribution is 2.21. The minimum Gasteiger partial charge on any atom is -0.398 e. The van der Waals surface area contributed by atoms with Crippen LogP contribution >= 0.6 is 0 Å². The quantitative estimate of drug-likeness (QED) is 0.429. The van der Waals surface area contributed by atoms with E-state index in [0.717, 1.165) is 11.8 Å². The summed E-state index contributed by atoms with van der Waals surface area (Å²) < 4.78 is 1.57. The molecule has 1 heterocycles. The van der Waals surface area contributed by atoms with Crippen molar-refractivity contribution in [2.75, 3.05) is 11.1 Å². The third-order valence-corrected chi connectivity index (χ3v) is 3.30. The molecule has 24 heavy (non-hydrogen) atoms. The van der Waals surface area contributed by atoms with Crippen LogP contribution in [0.15, 0.2) is 55.1 Å². The Hall–Kier alpha value is -3.75. The number of carbonyl (C=O) groups excluding carboxylic acids is 1. The van der Waals surface area contributed by atoms with Gasteiger partial charge in [-0.2, -0.15) is 5.10 Å². The van der Waals surface area contributed by atoms with Gasteiger partial charge in [-0.05, 0) is 30.3 Å². The van der Waals surface area contributed by atoms with Gasteiger partial charge in [0.1, 0.15) is 12.7 Å². The number of nitro benzene ring substituents is 1. The number of nitrogen functional groups attached to an aromatic ring is 1. The lowest BCUT2D eigenvalue weighted by molar-refractivity contribution is -0.384. The van der Waals surface area contributed by atoms with Crippen LogP contribution < -0.4 is 11.1 Å². The average molecular weight is 324 g/mol. The molecule has 3 N–H and O–H groups in total. The van der Waals surface area contributed by atoms with Crippen LogP contribution in [0, 0.1) is 10.1 Å². The summed E-state index contributed by atoms with van der Waals surface area (Å²) in [6.07, 6.45) is 2.97. The molecule has 0 saturated heterocycles. The molecule has 0 aliphatic carbocycles. The predicted molar refractivity (Wildman–Crippen MR) is 86.8 cm³/mol. The van der Waals surface area contributed by atoms with E-state index in [1.54, 1.807) is 35.3 Å². The minimum absolute atomic E-state index is 0.0459. The van der Waals surface area contributed by atoms with Gasteiger partial charge in [0.25, 0.3) is 11.6 Å². The van der Waals surface area contributed by atoms with Crippen LogP contribution in [0.1, 0.15) is 10.4 Å². The SMILES string of the molecule is Nc1ccc([N+](=O)[O-])cc1C(=O)Nc1ccc(-n2cncn2)cc1.